The largest absolute Gasteiger partial charge is 0.395 e. The van der Waals surface area contributed by atoms with Crippen molar-refractivity contribution in [3.05, 3.63) is 0 Å². The van der Waals surface area contributed by atoms with E-state index in [4.69, 9.17) is 9.66 Å². The Morgan fingerprint density at radius 1 is 1.88 bits per heavy atom. The lowest BCUT2D eigenvalue weighted by atomic mass is 10.4. The lowest BCUT2D eigenvalue weighted by molar-refractivity contribution is 0.264. The van der Waals surface area contributed by atoms with Crippen molar-refractivity contribution >= 4 is 11.3 Å². The number of aliphatic hydroxyl groups excluding tert-OH is 1. The Hall–Kier alpha value is 0.0300. The van der Waals surface area contributed by atoms with Crippen molar-refractivity contribution in [2.45, 2.75) is 13.0 Å². The summed E-state index contributed by atoms with van der Waals surface area (Å²) in [4.78, 5) is 0. The average Bonchev–Trinajstić information content (AvgIpc) is 1.65. The summed E-state index contributed by atoms with van der Waals surface area (Å²) in [6.45, 7) is 1.47. The highest BCUT2D eigenvalue weighted by atomic mass is 32.2. The molecule has 0 aromatic rings. The van der Waals surface area contributed by atoms with E-state index in [1.165, 1.54) is 0 Å². The van der Waals surface area contributed by atoms with Gasteiger partial charge >= 0.3 is 0 Å². The second kappa shape index (κ2) is 3.96. The molecule has 0 saturated heterocycles. The van der Waals surface area contributed by atoms with Crippen LogP contribution in [0.1, 0.15) is 6.92 Å². The van der Waals surface area contributed by atoms with Crippen LogP contribution in [0.5, 0.6) is 0 Å². The molecule has 0 rings (SSSR count). The zero-order valence-corrected chi connectivity index (χ0v) is 5.31. The van der Waals surface area contributed by atoms with Crippen molar-refractivity contribution in [1.29, 1.82) is 0 Å². The maximum Gasteiger partial charge on any atom is 0.232 e. The molecule has 0 amide bonds. The monoisotopic (exact) mass is 139 g/mol. The van der Waals surface area contributed by atoms with Gasteiger partial charge < -0.3 is 5.11 Å². The summed E-state index contributed by atoms with van der Waals surface area (Å²) < 4.78 is 20.1. The zero-order chi connectivity index (χ0) is 6.57. The normalized spacial score (nSPS) is 17.9. The predicted octanol–water partition coefficient (Wildman–Crippen LogP) is -0.906. The molecule has 0 bridgehead atoms. The highest BCUT2D eigenvalue weighted by Gasteiger charge is 1.99. The molecule has 0 saturated carbocycles. The summed E-state index contributed by atoms with van der Waals surface area (Å²) in [6.07, 6.45) is 0. The van der Waals surface area contributed by atoms with E-state index in [9.17, 15) is 4.21 Å². The fourth-order valence-electron chi connectivity index (χ4n) is 0.209. The van der Waals surface area contributed by atoms with Crippen molar-refractivity contribution in [3.8, 4) is 0 Å². The second-order valence-electron chi connectivity index (χ2n) is 1.45. The van der Waals surface area contributed by atoms with Gasteiger partial charge in [-0.2, -0.15) is 0 Å². The van der Waals surface area contributed by atoms with Crippen LogP contribution in [0, 0.1) is 0 Å². The van der Waals surface area contributed by atoms with E-state index in [1.807, 2.05) is 0 Å². The molecule has 0 aliphatic rings. The number of nitrogens with one attached hydrogen (secondary N) is 1. The molecule has 8 heavy (non-hydrogen) atoms. The molecule has 4 nitrogen and oxygen atoms in total. The Kier molecular flexibility index (Phi) is 3.98. The first-order chi connectivity index (χ1) is 3.66. The molecule has 1 unspecified atom stereocenters. The van der Waals surface area contributed by atoms with Crippen LogP contribution < -0.4 is 4.72 Å². The molecule has 0 heterocycles. The molecule has 5 heteroatoms. The van der Waals surface area contributed by atoms with Crippen molar-refractivity contribution < 1.29 is 13.9 Å². The Morgan fingerprint density at radius 2 is 2.38 bits per heavy atom. The predicted molar refractivity (Wildman–Crippen MR) is 30.5 cm³/mol. The van der Waals surface area contributed by atoms with Gasteiger partial charge in [0.2, 0.25) is 11.3 Å². The smallest absolute Gasteiger partial charge is 0.232 e. The van der Waals surface area contributed by atoms with Crippen molar-refractivity contribution in [1.82, 2.24) is 4.72 Å². The van der Waals surface area contributed by atoms with E-state index in [-0.39, 0.29) is 12.6 Å². The first-order valence-electron chi connectivity index (χ1n) is 2.14. The van der Waals surface area contributed by atoms with Crippen LogP contribution in [-0.4, -0.2) is 26.5 Å². The minimum atomic E-state index is -2.01. The highest BCUT2D eigenvalue weighted by molar-refractivity contribution is 7.77. The summed E-state index contributed by atoms with van der Waals surface area (Å²) in [7, 11) is 0. The summed E-state index contributed by atoms with van der Waals surface area (Å²) in [6, 6.07) is -0.319. The van der Waals surface area contributed by atoms with E-state index >= 15 is 0 Å². The summed E-state index contributed by atoms with van der Waals surface area (Å²) in [5, 5.41) is 8.28. The molecule has 0 aliphatic heterocycles. The van der Waals surface area contributed by atoms with Gasteiger partial charge in [0.05, 0.1) is 6.61 Å². The van der Waals surface area contributed by atoms with Gasteiger partial charge in [-0.05, 0) is 6.92 Å². The third-order valence-corrected chi connectivity index (χ3v) is 1.18. The van der Waals surface area contributed by atoms with Gasteiger partial charge in [-0.1, -0.05) is 0 Å². The zero-order valence-electron chi connectivity index (χ0n) is 4.50. The van der Waals surface area contributed by atoms with Gasteiger partial charge in [0.1, 0.15) is 0 Å². The third-order valence-electron chi connectivity index (χ3n) is 0.576. The summed E-state index contributed by atoms with van der Waals surface area (Å²) >= 11 is -2.01. The van der Waals surface area contributed by atoms with Gasteiger partial charge in [-0.3, -0.25) is 4.55 Å². The van der Waals surface area contributed by atoms with Crippen LogP contribution in [0.15, 0.2) is 0 Å². The van der Waals surface area contributed by atoms with Gasteiger partial charge in [0, 0.05) is 6.04 Å². The van der Waals surface area contributed by atoms with Crippen LogP contribution in [0.25, 0.3) is 0 Å². The quantitative estimate of drug-likeness (QED) is 0.443. The molecule has 0 spiro atoms. The third kappa shape index (κ3) is 4.20. The Bertz CT molecular complexity index is 86.6. The van der Waals surface area contributed by atoms with Gasteiger partial charge in [-0.25, -0.2) is 8.93 Å². The van der Waals surface area contributed by atoms with Crippen LogP contribution in [0.4, 0.5) is 0 Å². The second-order valence-corrected chi connectivity index (χ2v) is 2.18. The number of hydrogen-bond donors (Lipinski definition) is 3. The van der Waals surface area contributed by atoms with Crippen LogP contribution in [0.2, 0.25) is 0 Å². The lowest BCUT2D eigenvalue weighted by Crippen LogP contribution is -2.30. The maximum atomic E-state index is 9.86. The SMILES string of the molecule is C[C@@H](CO)NS(=O)O. The molecule has 0 aromatic heterocycles. The Morgan fingerprint density at radius 3 is 2.50 bits per heavy atom. The molecule has 50 valence electrons. The van der Waals surface area contributed by atoms with Gasteiger partial charge in [0.25, 0.3) is 0 Å². The molecule has 0 aromatic carbocycles. The van der Waals surface area contributed by atoms with Gasteiger partial charge in [0.15, 0.2) is 0 Å². The topological polar surface area (TPSA) is 69.6 Å². The van der Waals surface area contributed by atoms with E-state index in [2.05, 4.69) is 4.72 Å². The summed E-state index contributed by atoms with van der Waals surface area (Å²) in [5.74, 6) is 0. The van der Waals surface area contributed by atoms with E-state index in [1.54, 1.807) is 6.92 Å². The van der Waals surface area contributed by atoms with Crippen molar-refractivity contribution in [2.24, 2.45) is 0 Å². The standard InChI is InChI=1S/C3H9NO3S/c1-3(2-5)4-8(6)7/h3-5H,2H2,1H3,(H,6,7)/t3-/m0/s1. The Labute approximate surface area is 50.3 Å². The minimum Gasteiger partial charge on any atom is -0.395 e. The van der Waals surface area contributed by atoms with E-state index in [0.717, 1.165) is 0 Å². The minimum absolute atomic E-state index is 0.133. The first-order valence-corrected chi connectivity index (χ1v) is 3.25. The molecule has 0 radical (unpaired) electrons. The van der Waals surface area contributed by atoms with Crippen molar-refractivity contribution in [3.63, 3.8) is 0 Å². The van der Waals surface area contributed by atoms with Crippen LogP contribution in [-0.2, 0) is 11.3 Å². The van der Waals surface area contributed by atoms with Gasteiger partial charge in [-0.15, -0.1) is 0 Å². The average molecular weight is 139 g/mol. The maximum absolute atomic E-state index is 9.86. The molecule has 2 atom stereocenters. The van der Waals surface area contributed by atoms with E-state index in [0.29, 0.717) is 0 Å². The molecular weight excluding hydrogens is 130 g/mol. The van der Waals surface area contributed by atoms with Crippen LogP contribution >= 0.6 is 0 Å². The lowest BCUT2D eigenvalue weighted by Gasteiger charge is -2.03. The Balaban J connectivity index is 3.24. The molecular formula is C3H9NO3S. The highest BCUT2D eigenvalue weighted by Crippen LogP contribution is 1.76. The number of aliphatic hydroxyl groups is 1. The number of hydrogen-bond acceptors (Lipinski definition) is 2. The van der Waals surface area contributed by atoms with E-state index < -0.39 is 11.3 Å². The fourth-order valence-corrected chi connectivity index (χ4v) is 0.628. The molecule has 3 N–H and O–H groups in total. The molecule has 0 fully saturated rings. The number of rotatable bonds is 3. The van der Waals surface area contributed by atoms with Crippen molar-refractivity contribution in [2.75, 3.05) is 6.61 Å². The van der Waals surface area contributed by atoms with Crippen LogP contribution in [0.3, 0.4) is 0 Å². The molecule has 0 aliphatic carbocycles. The first kappa shape index (κ1) is 8.03. The summed E-state index contributed by atoms with van der Waals surface area (Å²) in [5.41, 5.74) is 0. The fraction of sp³-hybridized carbons (Fsp3) is 1.00.